The van der Waals surface area contributed by atoms with Gasteiger partial charge >= 0.3 is 5.97 Å². The van der Waals surface area contributed by atoms with Crippen molar-refractivity contribution in [3.8, 4) is 5.75 Å². The second kappa shape index (κ2) is 25.6. The van der Waals surface area contributed by atoms with E-state index in [9.17, 15) is 29.7 Å². The number of anilines is 1. The number of cyclic esters (lactones) is 1. The molecular formula is C57H89N3O14. The number of amides is 1. The highest BCUT2D eigenvalue weighted by molar-refractivity contribution is 5.94. The van der Waals surface area contributed by atoms with Crippen LogP contribution in [0.1, 0.15) is 124 Å². The van der Waals surface area contributed by atoms with Crippen LogP contribution in [-0.2, 0) is 49.2 Å². The van der Waals surface area contributed by atoms with E-state index in [2.05, 4.69) is 40.4 Å². The minimum absolute atomic E-state index is 0.0576. The van der Waals surface area contributed by atoms with Crippen molar-refractivity contribution in [1.29, 1.82) is 0 Å². The number of fused-ring (bicyclic) bond motifs is 1. The lowest BCUT2D eigenvalue weighted by molar-refractivity contribution is -0.309. The first kappa shape index (κ1) is 59.5. The van der Waals surface area contributed by atoms with Gasteiger partial charge in [0.2, 0.25) is 0 Å². The molecule has 0 bridgehead atoms. The van der Waals surface area contributed by atoms with Crippen molar-refractivity contribution in [2.24, 2.45) is 23.7 Å². The molecule has 17 heteroatoms. The summed E-state index contributed by atoms with van der Waals surface area (Å²) in [5.41, 5.74) is -1.04. The molecule has 1 amide bonds. The molecule has 4 aliphatic heterocycles. The second-order valence-electron chi connectivity index (χ2n) is 22.4. The number of aliphatic hydroxyl groups is 3. The number of carbonyl (C=O) groups excluding carboxylic acids is 3. The molecule has 0 aliphatic carbocycles. The van der Waals surface area contributed by atoms with Gasteiger partial charge in [-0.15, -0.1) is 0 Å². The van der Waals surface area contributed by atoms with Gasteiger partial charge in [0.1, 0.15) is 29.3 Å². The lowest BCUT2D eigenvalue weighted by Gasteiger charge is -2.49. The van der Waals surface area contributed by atoms with Crippen molar-refractivity contribution >= 4 is 23.3 Å². The molecule has 4 heterocycles. The number of rotatable bonds is 17. The number of ether oxygens (including phenoxy) is 8. The molecule has 17 nitrogen and oxygen atoms in total. The molecule has 0 aromatic heterocycles. The molecule has 74 heavy (non-hydrogen) atoms. The summed E-state index contributed by atoms with van der Waals surface area (Å²) in [6.45, 7) is 21.0. The maximum Gasteiger partial charge on any atom is 0.311 e. The molecule has 3 fully saturated rings. The average Bonchev–Trinajstić information content (AvgIpc) is 3.80. The minimum atomic E-state index is -1.97. The van der Waals surface area contributed by atoms with Gasteiger partial charge in [-0.25, -0.2) is 0 Å². The van der Waals surface area contributed by atoms with Crippen LogP contribution in [0.3, 0.4) is 0 Å². The number of aliphatic hydroxyl groups excluding tert-OH is 2. The maximum atomic E-state index is 14.5. The Bertz CT molecular complexity index is 2150. The maximum absolute atomic E-state index is 14.5. The Morgan fingerprint density at radius 3 is 2.23 bits per heavy atom. The second-order valence-corrected chi connectivity index (χ2v) is 22.4. The molecule has 6 rings (SSSR count). The molecular weight excluding hydrogens is 951 g/mol. The standard InChI is InChI=1S/C57H89N3O14/c1-14-45-57(10,66)50(62)36(4)48(61)34(2)32-56(9,68-13)52(37(5)49(38(6)54(65)72-45)73-47-33-55(8,67-12)51(63)39(7)71-47)74-46-31-42(30-35(3)70-46)59(11)26-17-29-69-43-22-20-41(21-23-43)53(64)58-25-28-60-27-24-40-18-15-16-19-44(40)60/h15-16,18-23,34-39,42,45-47,49-52,62-63,66H,14,17,24-33H2,1-13H3,(H,58,64)/t34-,35-,36+,37+,38-,39+,42+,45-,46+,47?,49+,50-,51+,52-,55-,56-,57-/m1/s1. The molecule has 2 aromatic carbocycles. The number of ketones is 1. The molecule has 3 saturated heterocycles. The predicted octanol–water partition coefficient (Wildman–Crippen LogP) is 6.10. The van der Waals surface area contributed by atoms with Crippen molar-refractivity contribution < 1.29 is 67.6 Å². The number of nitrogens with zero attached hydrogens (tertiary/aromatic N) is 2. The summed E-state index contributed by atoms with van der Waals surface area (Å²) in [7, 11) is 5.17. The van der Waals surface area contributed by atoms with Crippen molar-refractivity contribution in [2.75, 3.05) is 59.0 Å². The summed E-state index contributed by atoms with van der Waals surface area (Å²) < 4.78 is 51.3. The van der Waals surface area contributed by atoms with Crippen LogP contribution in [0.15, 0.2) is 48.5 Å². The molecule has 4 aliphatic rings. The molecule has 4 N–H and O–H groups in total. The van der Waals surface area contributed by atoms with E-state index in [-0.39, 0.29) is 43.1 Å². The van der Waals surface area contributed by atoms with Crippen LogP contribution in [0.25, 0.3) is 0 Å². The number of esters is 1. The zero-order valence-corrected chi connectivity index (χ0v) is 46.4. The number of Topliss-reactive ketones (excluding diaryl/α,β-unsaturated/α-hetero) is 1. The first-order valence-corrected chi connectivity index (χ1v) is 27.1. The fourth-order valence-electron chi connectivity index (χ4n) is 11.9. The number of para-hydroxylation sites is 1. The molecule has 416 valence electrons. The normalized spacial score (nSPS) is 37.5. The van der Waals surface area contributed by atoms with E-state index in [1.807, 2.05) is 39.0 Å². The third kappa shape index (κ3) is 13.9. The van der Waals surface area contributed by atoms with Gasteiger partial charge in [-0.1, -0.05) is 45.9 Å². The van der Waals surface area contributed by atoms with Crippen molar-refractivity contribution in [3.05, 3.63) is 59.7 Å². The van der Waals surface area contributed by atoms with E-state index in [1.165, 1.54) is 25.3 Å². The van der Waals surface area contributed by atoms with Gasteiger partial charge in [0.25, 0.3) is 5.91 Å². The Morgan fingerprint density at radius 2 is 1.55 bits per heavy atom. The van der Waals surface area contributed by atoms with Gasteiger partial charge in [0, 0.05) is 88.3 Å². The van der Waals surface area contributed by atoms with Gasteiger partial charge in [-0.05, 0) is 117 Å². The zero-order valence-electron chi connectivity index (χ0n) is 46.4. The Kier molecular flexibility index (Phi) is 20.6. The van der Waals surface area contributed by atoms with Crippen LogP contribution in [0.4, 0.5) is 5.69 Å². The molecule has 0 saturated carbocycles. The van der Waals surface area contributed by atoms with Crippen LogP contribution in [0.5, 0.6) is 5.75 Å². The number of hydrogen-bond acceptors (Lipinski definition) is 16. The van der Waals surface area contributed by atoms with Crippen LogP contribution in [-0.4, -0.2) is 170 Å². The van der Waals surface area contributed by atoms with Crippen molar-refractivity contribution in [3.63, 3.8) is 0 Å². The van der Waals surface area contributed by atoms with Gasteiger partial charge < -0.3 is 68.3 Å². The highest BCUT2D eigenvalue weighted by atomic mass is 16.7. The Labute approximate surface area is 440 Å². The summed E-state index contributed by atoms with van der Waals surface area (Å²) in [6, 6.07) is 15.7. The molecule has 2 aromatic rings. The Hall–Kier alpha value is -3.75. The summed E-state index contributed by atoms with van der Waals surface area (Å²) in [5, 5.41) is 37.6. The third-order valence-corrected chi connectivity index (χ3v) is 16.8. The van der Waals surface area contributed by atoms with Crippen LogP contribution >= 0.6 is 0 Å². The van der Waals surface area contributed by atoms with Gasteiger partial charge in [0.15, 0.2) is 12.6 Å². The molecule has 0 radical (unpaired) electrons. The van der Waals surface area contributed by atoms with E-state index in [0.717, 1.165) is 38.9 Å². The monoisotopic (exact) mass is 1040 g/mol. The number of nitrogens with one attached hydrogen (secondary N) is 1. The zero-order chi connectivity index (χ0) is 54.3. The third-order valence-electron chi connectivity index (χ3n) is 16.8. The average molecular weight is 1040 g/mol. The fraction of sp³-hybridized carbons (Fsp3) is 0.737. The number of benzene rings is 2. The van der Waals surface area contributed by atoms with Crippen LogP contribution in [0.2, 0.25) is 0 Å². The van der Waals surface area contributed by atoms with Crippen molar-refractivity contribution in [2.45, 2.75) is 192 Å². The Morgan fingerprint density at radius 1 is 0.865 bits per heavy atom. The lowest BCUT2D eigenvalue weighted by Crippen LogP contribution is -2.60. The predicted molar refractivity (Wildman–Crippen MR) is 280 cm³/mol. The van der Waals surface area contributed by atoms with Gasteiger partial charge in [0.05, 0.1) is 54.2 Å². The SMILES string of the molecule is CC[C@H]1OC(=O)[C@H](C)[C@@H](OC2C[C@@](C)(OC)[C@@H](O)[C@H](C)O2)[C@H](C)[C@@H](O[C@H]2C[C@@H](N(C)CCCOc3ccc(C(=O)NCCN4CCc5ccccc54)cc3)C[C@@H](C)O2)[C@](C)(OC)C[C@@H](C)C(=O)[C@H](C)[C@@H](O)[C@]1(C)O. The summed E-state index contributed by atoms with van der Waals surface area (Å²) in [4.78, 5) is 46.3. The van der Waals surface area contributed by atoms with E-state index in [0.29, 0.717) is 30.9 Å². The summed E-state index contributed by atoms with van der Waals surface area (Å²) >= 11 is 0. The molecule has 0 spiro atoms. The number of hydrogen-bond donors (Lipinski definition) is 4. The molecule has 1 unspecified atom stereocenters. The van der Waals surface area contributed by atoms with Crippen LogP contribution < -0.4 is 15.0 Å². The summed E-state index contributed by atoms with van der Waals surface area (Å²) in [5.74, 6) is -3.76. The minimum Gasteiger partial charge on any atom is -0.494 e. The summed E-state index contributed by atoms with van der Waals surface area (Å²) in [6.07, 6.45) is -4.61. The first-order valence-electron chi connectivity index (χ1n) is 27.1. The topological polar surface area (TPSA) is 204 Å². The van der Waals surface area contributed by atoms with E-state index in [1.54, 1.807) is 60.8 Å². The quantitative estimate of drug-likeness (QED) is 0.104. The van der Waals surface area contributed by atoms with Gasteiger partial charge in [-0.3, -0.25) is 14.4 Å². The highest BCUT2D eigenvalue weighted by Crippen LogP contribution is 2.42. The largest absolute Gasteiger partial charge is 0.494 e. The first-order chi connectivity index (χ1) is 35.0. The van der Waals surface area contributed by atoms with E-state index >= 15 is 0 Å². The van der Waals surface area contributed by atoms with Crippen molar-refractivity contribution in [1.82, 2.24) is 10.2 Å². The lowest BCUT2D eigenvalue weighted by atomic mass is 9.74. The molecule has 17 atom stereocenters. The number of methoxy groups -OCH3 is 2. The number of carbonyl (C=O) groups is 3. The smallest absolute Gasteiger partial charge is 0.311 e. The fourth-order valence-corrected chi connectivity index (χ4v) is 11.9. The van der Waals surface area contributed by atoms with E-state index < -0.39 is 95.6 Å². The van der Waals surface area contributed by atoms with E-state index in [4.69, 9.17) is 37.9 Å². The van der Waals surface area contributed by atoms with Gasteiger partial charge in [-0.2, -0.15) is 0 Å². The Balaban J connectivity index is 1.15. The highest BCUT2D eigenvalue weighted by Gasteiger charge is 2.53. The van der Waals surface area contributed by atoms with Crippen LogP contribution in [0, 0.1) is 23.7 Å².